The molecule has 44 heavy (non-hydrogen) atoms. The smallest absolute Gasteiger partial charge is 0.243 e. The molecular formula is C37H49N5O2. The second kappa shape index (κ2) is 11.5. The molecule has 2 N–H and O–H groups in total. The van der Waals surface area contributed by atoms with E-state index in [1.54, 1.807) is 6.08 Å². The van der Waals surface area contributed by atoms with Crippen molar-refractivity contribution in [2.24, 2.45) is 34.5 Å². The van der Waals surface area contributed by atoms with Gasteiger partial charge in [0, 0.05) is 34.8 Å². The van der Waals surface area contributed by atoms with Crippen LogP contribution in [0.15, 0.2) is 48.9 Å². The Morgan fingerprint density at radius 1 is 1.07 bits per heavy atom. The molecule has 3 saturated carbocycles. The van der Waals surface area contributed by atoms with Gasteiger partial charge in [-0.2, -0.15) is 5.26 Å². The van der Waals surface area contributed by atoms with Crippen LogP contribution in [-0.2, 0) is 16.0 Å². The fourth-order valence-corrected chi connectivity index (χ4v) is 9.75. The van der Waals surface area contributed by atoms with Gasteiger partial charge < -0.3 is 15.2 Å². The first-order valence-corrected chi connectivity index (χ1v) is 16.8. The van der Waals surface area contributed by atoms with Crippen LogP contribution < -0.4 is 10.6 Å². The Balaban J connectivity index is 0.000000173. The van der Waals surface area contributed by atoms with Crippen molar-refractivity contribution in [3.8, 4) is 6.07 Å². The molecule has 2 amide bonds. The number of carbonyl (C=O) groups excluding carboxylic acids is 2. The summed E-state index contributed by atoms with van der Waals surface area (Å²) in [6.07, 6.45) is 18.1. The van der Waals surface area contributed by atoms with Crippen LogP contribution in [0.25, 0.3) is 0 Å². The molecule has 234 valence electrons. The maximum atomic E-state index is 13.0. The molecule has 5 aliphatic rings. The van der Waals surface area contributed by atoms with Gasteiger partial charge in [0.05, 0.1) is 24.0 Å². The molecule has 2 aliphatic heterocycles. The van der Waals surface area contributed by atoms with Crippen molar-refractivity contribution >= 4 is 11.8 Å². The Hall–Kier alpha value is -3.40. The lowest BCUT2D eigenvalue weighted by atomic mass is 9.48. The summed E-state index contributed by atoms with van der Waals surface area (Å²) in [4.78, 5) is 29.1. The van der Waals surface area contributed by atoms with E-state index in [0.717, 1.165) is 37.7 Å². The zero-order valence-corrected chi connectivity index (χ0v) is 27.1. The average molecular weight is 596 g/mol. The van der Waals surface area contributed by atoms with Crippen LogP contribution in [0, 0.1) is 45.8 Å². The third kappa shape index (κ3) is 5.50. The van der Waals surface area contributed by atoms with Crippen molar-refractivity contribution in [1.82, 2.24) is 20.2 Å². The van der Waals surface area contributed by atoms with Gasteiger partial charge in [-0.15, -0.1) is 0 Å². The van der Waals surface area contributed by atoms with E-state index < -0.39 is 0 Å². The number of imidazole rings is 1. The molecule has 3 fully saturated rings. The second-order valence-electron chi connectivity index (χ2n) is 15.6. The molecule has 8 atom stereocenters. The van der Waals surface area contributed by atoms with Gasteiger partial charge in [0.25, 0.3) is 0 Å². The van der Waals surface area contributed by atoms with E-state index in [-0.39, 0.29) is 40.1 Å². The van der Waals surface area contributed by atoms with E-state index in [0.29, 0.717) is 23.8 Å². The molecule has 4 unspecified atom stereocenters. The summed E-state index contributed by atoms with van der Waals surface area (Å²) in [6.45, 7) is 11.0. The van der Waals surface area contributed by atoms with Crippen LogP contribution in [0.3, 0.4) is 0 Å². The molecule has 2 aromatic rings. The average Bonchev–Trinajstić information content (AvgIpc) is 3.61. The third-order valence-electron chi connectivity index (χ3n) is 11.9. The first-order chi connectivity index (χ1) is 20.9. The van der Waals surface area contributed by atoms with Crippen LogP contribution in [0.2, 0.25) is 0 Å². The van der Waals surface area contributed by atoms with Crippen molar-refractivity contribution in [1.29, 1.82) is 5.26 Å². The van der Waals surface area contributed by atoms with Crippen molar-refractivity contribution in [3.05, 3.63) is 65.8 Å². The molecule has 7 nitrogen and oxygen atoms in total. The summed E-state index contributed by atoms with van der Waals surface area (Å²) in [7, 11) is 0. The first kappa shape index (κ1) is 30.6. The molecule has 0 spiro atoms. The summed E-state index contributed by atoms with van der Waals surface area (Å²) in [5.41, 5.74) is 3.33. The Labute approximate surface area is 262 Å². The van der Waals surface area contributed by atoms with Gasteiger partial charge in [-0.3, -0.25) is 9.59 Å². The van der Waals surface area contributed by atoms with Gasteiger partial charge in [-0.1, -0.05) is 32.1 Å². The Morgan fingerprint density at radius 3 is 2.57 bits per heavy atom. The molecular weight excluding hydrogens is 546 g/mol. The molecule has 0 saturated heterocycles. The highest BCUT2D eigenvalue weighted by atomic mass is 16.2. The van der Waals surface area contributed by atoms with E-state index in [2.05, 4.69) is 79.1 Å². The van der Waals surface area contributed by atoms with E-state index in [1.807, 2.05) is 24.7 Å². The Morgan fingerprint density at radius 2 is 1.84 bits per heavy atom. The SMILES string of the molecule is CC(C)(C)NC(=O)[C@H]1CCC2C3CC[C@H]4NC(=O)C=C[C@]4(C)C3CC[C@@]21C.N#Cc1ccc(C2CCCc3cncn32)cc1. The topological polar surface area (TPSA) is 99.8 Å². The number of carbonyl (C=O) groups is 2. The standard InChI is InChI=1S/C23H36N2O2.C14H13N3/c1-21(2,3)25-20(27)17-8-7-15-14-6-9-18-23(5,13-11-19(26)24-18)16(14)10-12-22(15,17)4;15-8-11-4-6-12(7-5-11)14-3-1-2-13-9-16-10-17(13)14/h11,13-18H,6-10,12H2,1-5H3,(H,24,26)(H,25,27);4-7,9-10,14H,1-3H2/t14?,15?,16?,17-,18-,22+,23-;/m1./s1. The van der Waals surface area contributed by atoms with Gasteiger partial charge in [0.15, 0.2) is 0 Å². The van der Waals surface area contributed by atoms with Gasteiger partial charge in [-0.05, 0) is 125 Å². The van der Waals surface area contributed by atoms with Gasteiger partial charge >= 0.3 is 0 Å². The van der Waals surface area contributed by atoms with Gasteiger partial charge in [-0.25, -0.2) is 4.98 Å². The highest BCUT2D eigenvalue weighted by molar-refractivity contribution is 5.89. The van der Waals surface area contributed by atoms with Crippen molar-refractivity contribution < 1.29 is 9.59 Å². The molecule has 0 bridgehead atoms. The molecule has 3 heterocycles. The minimum absolute atomic E-state index is 0.0661. The van der Waals surface area contributed by atoms with Crippen LogP contribution in [-0.4, -0.2) is 32.9 Å². The van der Waals surface area contributed by atoms with Gasteiger partial charge in [0.2, 0.25) is 11.8 Å². The number of aromatic nitrogens is 2. The van der Waals surface area contributed by atoms with Crippen LogP contribution >= 0.6 is 0 Å². The first-order valence-electron chi connectivity index (χ1n) is 16.8. The fraction of sp³-hybridized carbons (Fsp3) is 0.622. The molecule has 3 aliphatic carbocycles. The number of rotatable bonds is 2. The van der Waals surface area contributed by atoms with E-state index in [1.165, 1.54) is 36.9 Å². The summed E-state index contributed by atoms with van der Waals surface area (Å²) in [5, 5.41) is 15.3. The molecule has 1 aromatic carbocycles. The minimum Gasteiger partial charge on any atom is -0.351 e. The van der Waals surface area contributed by atoms with Crippen molar-refractivity contribution in [2.45, 2.75) is 110 Å². The lowest BCUT2D eigenvalue weighted by Gasteiger charge is -2.58. The summed E-state index contributed by atoms with van der Waals surface area (Å²) in [5.74, 6) is 2.41. The maximum absolute atomic E-state index is 13.0. The lowest BCUT2D eigenvalue weighted by Crippen LogP contribution is -2.59. The summed E-state index contributed by atoms with van der Waals surface area (Å²) < 4.78 is 2.25. The van der Waals surface area contributed by atoms with Crippen molar-refractivity contribution in [2.75, 3.05) is 0 Å². The Bertz CT molecular complexity index is 1460. The predicted octanol–water partition coefficient (Wildman–Crippen LogP) is 6.49. The maximum Gasteiger partial charge on any atom is 0.243 e. The zero-order valence-electron chi connectivity index (χ0n) is 27.1. The number of hydrogen-bond acceptors (Lipinski definition) is 4. The van der Waals surface area contributed by atoms with Crippen LogP contribution in [0.5, 0.6) is 0 Å². The number of nitrogens with one attached hydrogen (secondary N) is 2. The number of aryl methyl sites for hydroxylation is 1. The highest BCUT2D eigenvalue weighted by Gasteiger charge is 2.61. The number of fused-ring (bicyclic) bond motifs is 6. The van der Waals surface area contributed by atoms with E-state index >= 15 is 0 Å². The van der Waals surface area contributed by atoms with Crippen LogP contribution in [0.1, 0.15) is 109 Å². The number of amides is 2. The summed E-state index contributed by atoms with van der Waals surface area (Å²) >= 11 is 0. The number of hydrogen-bond donors (Lipinski definition) is 2. The van der Waals surface area contributed by atoms with E-state index in [9.17, 15) is 9.59 Å². The molecule has 0 radical (unpaired) electrons. The fourth-order valence-electron chi connectivity index (χ4n) is 9.75. The number of benzene rings is 1. The number of nitriles is 1. The molecule has 1 aromatic heterocycles. The second-order valence-corrected chi connectivity index (χ2v) is 15.6. The van der Waals surface area contributed by atoms with Crippen LogP contribution in [0.4, 0.5) is 0 Å². The monoisotopic (exact) mass is 595 g/mol. The molecule has 7 rings (SSSR count). The minimum atomic E-state index is -0.167. The predicted molar refractivity (Wildman–Crippen MR) is 171 cm³/mol. The number of nitrogens with zero attached hydrogens (tertiary/aromatic N) is 3. The van der Waals surface area contributed by atoms with Gasteiger partial charge in [0.1, 0.15) is 0 Å². The highest BCUT2D eigenvalue weighted by Crippen LogP contribution is 2.65. The Kier molecular flexibility index (Phi) is 8.01. The largest absolute Gasteiger partial charge is 0.351 e. The van der Waals surface area contributed by atoms with E-state index in [4.69, 9.17) is 5.26 Å². The normalized spacial score (nSPS) is 35.4. The summed E-state index contributed by atoms with van der Waals surface area (Å²) in [6, 6.07) is 10.7. The third-order valence-corrected chi connectivity index (χ3v) is 11.9. The van der Waals surface area contributed by atoms with Crippen molar-refractivity contribution in [3.63, 3.8) is 0 Å². The molecule has 7 heteroatoms. The lowest BCUT2D eigenvalue weighted by molar-refractivity contribution is -0.135. The quantitative estimate of drug-likeness (QED) is 0.414. The zero-order chi connectivity index (χ0) is 31.3.